The summed E-state index contributed by atoms with van der Waals surface area (Å²) in [5.41, 5.74) is 1.32. The van der Waals surface area contributed by atoms with Crippen molar-refractivity contribution in [1.82, 2.24) is 20.3 Å². The zero-order chi connectivity index (χ0) is 15.6. The molecule has 2 N–H and O–H groups in total. The molecule has 23 heavy (non-hydrogen) atoms. The smallest absolute Gasteiger partial charge is 0.256 e. The van der Waals surface area contributed by atoms with Gasteiger partial charge in [0.05, 0.1) is 18.8 Å². The van der Waals surface area contributed by atoms with Crippen molar-refractivity contribution in [3.8, 4) is 0 Å². The molecule has 1 atom stereocenters. The number of carbonyl (C=O) groups is 1. The second-order valence-electron chi connectivity index (χ2n) is 5.37. The van der Waals surface area contributed by atoms with Crippen LogP contribution in [0.1, 0.15) is 22.1 Å². The first-order chi connectivity index (χ1) is 11.3. The minimum Gasteiger partial charge on any atom is -0.378 e. The van der Waals surface area contributed by atoms with E-state index in [9.17, 15) is 4.79 Å². The fourth-order valence-corrected chi connectivity index (χ4v) is 2.66. The molecule has 0 unspecified atom stereocenters. The van der Waals surface area contributed by atoms with E-state index in [0.717, 1.165) is 18.7 Å². The van der Waals surface area contributed by atoms with Gasteiger partial charge in [0.1, 0.15) is 12.0 Å². The van der Waals surface area contributed by atoms with Crippen LogP contribution < -0.4 is 15.5 Å². The van der Waals surface area contributed by atoms with Crippen LogP contribution in [0.2, 0.25) is 0 Å². The zero-order valence-corrected chi connectivity index (χ0v) is 12.4. The molecule has 8 heteroatoms. The third-order valence-corrected chi connectivity index (χ3v) is 3.89. The van der Waals surface area contributed by atoms with Gasteiger partial charge in [0.25, 0.3) is 5.91 Å². The normalized spacial score (nSPS) is 20.4. The van der Waals surface area contributed by atoms with Gasteiger partial charge >= 0.3 is 0 Å². The van der Waals surface area contributed by atoms with Gasteiger partial charge in [-0.3, -0.25) is 4.79 Å². The largest absolute Gasteiger partial charge is 0.378 e. The first-order valence-electron chi connectivity index (χ1n) is 7.48. The SMILES string of the molecule is O=C1N[C@@H](c2cnc(N3CCOCC3)nc2)Nc2ncccc21. The monoisotopic (exact) mass is 312 g/mol. The van der Waals surface area contributed by atoms with E-state index in [1.54, 1.807) is 30.7 Å². The lowest BCUT2D eigenvalue weighted by atomic mass is 10.1. The summed E-state index contributed by atoms with van der Waals surface area (Å²) in [7, 11) is 0. The van der Waals surface area contributed by atoms with Crippen molar-refractivity contribution in [3.63, 3.8) is 0 Å². The van der Waals surface area contributed by atoms with Gasteiger partial charge in [-0.15, -0.1) is 0 Å². The molecule has 0 aromatic carbocycles. The summed E-state index contributed by atoms with van der Waals surface area (Å²) < 4.78 is 5.32. The molecular formula is C15H16N6O2. The molecule has 2 aromatic heterocycles. The summed E-state index contributed by atoms with van der Waals surface area (Å²) in [5, 5.41) is 6.07. The fraction of sp³-hybridized carbons (Fsp3) is 0.333. The second kappa shape index (κ2) is 5.81. The van der Waals surface area contributed by atoms with Gasteiger partial charge in [-0.1, -0.05) is 0 Å². The number of anilines is 2. The molecule has 4 heterocycles. The average molecular weight is 312 g/mol. The molecule has 1 amide bonds. The van der Waals surface area contributed by atoms with Crippen LogP contribution in [-0.2, 0) is 4.74 Å². The first kappa shape index (κ1) is 13.9. The van der Waals surface area contributed by atoms with E-state index in [1.807, 2.05) is 0 Å². The van der Waals surface area contributed by atoms with E-state index in [-0.39, 0.29) is 12.1 Å². The maximum absolute atomic E-state index is 12.1. The van der Waals surface area contributed by atoms with Crippen LogP contribution in [-0.4, -0.2) is 47.2 Å². The van der Waals surface area contributed by atoms with Gasteiger partial charge < -0.3 is 20.3 Å². The zero-order valence-electron chi connectivity index (χ0n) is 12.4. The molecule has 0 saturated carbocycles. The number of nitrogens with one attached hydrogen (secondary N) is 2. The van der Waals surface area contributed by atoms with Crippen LogP contribution in [0, 0.1) is 0 Å². The highest BCUT2D eigenvalue weighted by Gasteiger charge is 2.26. The lowest BCUT2D eigenvalue weighted by Gasteiger charge is -2.28. The van der Waals surface area contributed by atoms with Crippen molar-refractivity contribution < 1.29 is 9.53 Å². The van der Waals surface area contributed by atoms with E-state index in [0.29, 0.717) is 30.5 Å². The molecule has 0 spiro atoms. The summed E-state index contributed by atoms with van der Waals surface area (Å²) in [6.45, 7) is 2.95. The number of ether oxygens (including phenoxy) is 1. The predicted molar refractivity (Wildman–Crippen MR) is 83.1 cm³/mol. The molecule has 1 saturated heterocycles. The maximum Gasteiger partial charge on any atom is 0.256 e. The number of pyridine rings is 1. The Morgan fingerprint density at radius 1 is 1.13 bits per heavy atom. The molecule has 2 aliphatic heterocycles. The number of aromatic nitrogens is 3. The van der Waals surface area contributed by atoms with Crippen LogP contribution in [0.4, 0.5) is 11.8 Å². The highest BCUT2D eigenvalue weighted by Crippen LogP contribution is 2.24. The number of amides is 1. The van der Waals surface area contributed by atoms with Crippen molar-refractivity contribution in [2.45, 2.75) is 6.17 Å². The second-order valence-corrected chi connectivity index (χ2v) is 5.37. The molecule has 118 valence electrons. The van der Waals surface area contributed by atoms with Gasteiger partial charge in [-0.2, -0.15) is 0 Å². The molecule has 1 fully saturated rings. The van der Waals surface area contributed by atoms with Crippen molar-refractivity contribution in [3.05, 3.63) is 41.9 Å². The van der Waals surface area contributed by atoms with Gasteiger partial charge in [0.2, 0.25) is 5.95 Å². The molecule has 2 aliphatic rings. The molecule has 0 radical (unpaired) electrons. The Bertz CT molecular complexity index is 714. The summed E-state index contributed by atoms with van der Waals surface area (Å²) >= 11 is 0. The average Bonchev–Trinajstić information content (AvgIpc) is 2.63. The van der Waals surface area contributed by atoms with Crippen molar-refractivity contribution in [2.75, 3.05) is 36.5 Å². The Morgan fingerprint density at radius 2 is 1.91 bits per heavy atom. The Hall–Kier alpha value is -2.74. The maximum atomic E-state index is 12.1. The van der Waals surface area contributed by atoms with Crippen LogP contribution in [0.5, 0.6) is 0 Å². The summed E-state index contributed by atoms with van der Waals surface area (Å²) in [5.74, 6) is 1.09. The van der Waals surface area contributed by atoms with Crippen molar-refractivity contribution in [1.29, 1.82) is 0 Å². The highest BCUT2D eigenvalue weighted by atomic mass is 16.5. The van der Waals surface area contributed by atoms with E-state index >= 15 is 0 Å². The summed E-state index contributed by atoms with van der Waals surface area (Å²) in [6, 6.07) is 3.47. The highest BCUT2D eigenvalue weighted by molar-refractivity contribution is 6.00. The Balaban J connectivity index is 1.54. The van der Waals surface area contributed by atoms with Crippen LogP contribution in [0.25, 0.3) is 0 Å². The number of fused-ring (bicyclic) bond motifs is 1. The quantitative estimate of drug-likeness (QED) is 0.837. The lowest BCUT2D eigenvalue weighted by molar-refractivity contribution is 0.0935. The van der Waals surface area contributed by atoms with E-state index in [4.69, 9.17) is 4.74 Å². The summed E-state index contributed by atoms with van der Waals surface area (Å²) in [4.78, 5) is 27.2. The number of hydrogen-bond acceptors (Lipinski definition) is 7. The van der Waals surface area contributed by atoms with E-state index in [2.05, 4.69) is 30.5 Å². The van der Waals surface area contributed by atoms with Gasteiger partial charge in [-0.25, -0.2) is 15.0 Å². The standard InChI is InChI=1S/C15H16N6O2/c22-14-11-2-1-3-16-13(11)19-12(20-14)10-8-17-15(18-9-10)21-4-6-23-7-5-21/h1-3,8-9,12H,4-7H2,(H,16,19)(H,20,22)/t12-/m0/s1. The number of carbonyl (C=O) groups excluding carboxylic acids is 1. The number of nitrogens with zero attached hydrogens (tertiary/aromatic N) is 4. The molecule has 0 bridgehead atoms. The van der Waals surface area contributed by atoms with Crippen LogP contribution in [0.3, 0.4) is 0 Å². The van der Waals surface area contributed by atoms with Gasteiger partial charge in [-0.05, 0) is 12.1 Å². The van der Waals surface area contributed by atoms with Crippen molar-refractivity contribution in [2.24, 2.45) is 0 Å². The van der Waals surface area contributed by atoms with Gasteiger partial charge in [0, 0.05) is 37.2 Å². The predicted octanol–water partition coefficient (Wildman–Crippen LogP) is 0.562. The molecule has 4 rings (SSSR count). The summed E-state index contributed by atoms with van der Waals surface area (Å²) in [6.07, 6.45) is 4.72. The lowest BCUT2D eigenvalue weighted by Crippen LogP contribution is -2.39. The van der Waals surface area contributed by atoms with E-state index < -0.39 is 0 Å². The molecule has 2 aromatic rings. The Morgan fingerprint density at radius 3 is 2.70 bits per heavy atom. The van der Waals surface area contributed by atoms with Crippen LogP contribution >= 0.6 is 0 Å². The minimum absolute atomic E-state index is 0.158. The number of rotatable bonds is 2. The Kier molecular flexibility index (Phi) is 3.51. The minimum atomic E-state index is -0.386. The van der Waals surface area contributed by atoms with Crippen molar-refractivity contribution >= 4 is 17.7 Å². The topological polar surface area (TPSA) is 92.3 Å². The number of morpholine rings is 1. The van der Waals surface area contributed by atoms with Gasteiger partial charge in [0.15, 0.2) is 0 Å². The molecular weight excluding hydrogens is 296 g/mol. The first-order valence-corrected chi connectivity index (χ1v) is 7.48. The number of hydrogen-bond donors (Lipinski definition) is 2. The van der Waals surface area contributed by atoms with E-state index in [1.165, 1.54) is 0 Å². The molecule has 0 aliphatic carbocycles. The Labute approximate surface area is 132 Å². The third-order valence-electron chi connectivity index (χ3n) is 3.89. The van der Waals surface area contributed by atoms with Crippen LogP contribution in [0.15, 0.2) is 30.7 Å². The molecule has 8 nitrogen and oxygen atoms in total. The third kappa shape index (κ3) is 2.68. The fourth-order valence-electron chi connectivity index (χ4n) is 2.66.